The number of carbonyl (C=O) groups is 1. The first-order valence-electron chi connectivity index (χ1n) is 6.54. The van der Waals surface area contributed by atoms with Gasteiger partial charge in [-0.3, -0.25) is 4.90 Å². The van der Waals surface area contributed by atoms with E-state index in [9.17, 15) is 9.18 Å². The first-order chi connectivity index (χ1) is 8.70. The summed E-state index contributed by atoms with van der Waals surface area (Å²) in [7, 11) is 0. The molecule has 2 rings (SSSR count). The molecule has 1 aliphatic rings. The predicted molar refractivity (Wildman–Crippen MR) is 70.2 cm³/mol. The predicted octanol–water partition coefficient (Wildman–Crippen LogP) is 3.30. The van der Waals surface area contributed by atoms with Crippen LogP contribution in [0.3, 0.4) is 0 Å². The van der Waals surface area contributed by atoms with Crippen LogP contribution >= 0.6 is 0 Å². The van der Waals surface area contributed by atoms with Gasteiger partial charge in [-0.05, 0) is 38.0 Å². The molecule has 1 fully saturated rings. The van der Waals surface area contributed by atoms with Gasteiger partial charge >= 0.3 is 6.03 Å². The summed E-state index contributed by atoms with van der Waals surface area (Å²) >= 11 is 0. The monoisotopic (exact) mass is 250 g/mol. The topological polar surface area (TPSA) is 32.3 Å². The quantitative estimate of drug-likeness (QED) is 0.877. The van der Waals surface area contributed by atoms with Gasteiger partial charge < -0.3 is 5.32 Å². The number of halogens is 1. The molecule has 1 aromatic carbocycles. The summed E-state index contributed by atoms with van der Waals surface area (Å²) in [6, 6.07) is 6.29. The van der Waals surface area contributed by atoms with E-state index in [1.165, 1.54) is 25.0 Å². The summed E-state index contributed by atoms with van der Waals surface area (Å²) in [6.45, 7) is 2.42. The van der Waals surface area contributed by atoms with Gasteiger partial charge in [-0.25, -0.2) is 9.18 Å². The number of amides is 2. The first-order valence-corrected chi connectivity index (χ1v) is 6.54. The average molecular weight is 250 g/mol. The molecule has 1 saturated carbocycles. The lowest BCUT2D eigenvalue weighted by Gasteiger charge is -2.23. The van der Waals surface area contributed by atoms with Crippen molar-refractivity contribution >= 4 is 11.7 Å². The molecule has 0 aromatic heterocycles. The van der Waals surface area contributed by atoms with Crippen molar-refractivity contribution in [2.75, 3.05) is 11.4 Å². The van der Waals surface area contributed by atoms with Gasteiger partial charge in [0.05, 0.1) is 0 Å². The number of benzene rings is 1. The molecule has 0 radical (unpaired) electrons. The lowest BCUT2D eigenvalue weighted by molar-refractivity contribution is 0.243. The number of carbonyl (C=O) groups excluding carboxylic acids is 1. The highest BCUT2D eigenvalue weighted by Crippen LogP contribution is 2.20. The van der Waals surface area contributed by atoms with E-state index in [1.54, 1.807) is 17.0 Å². The Hall–Kier alpha value is -1.58. The van der Waals surface area contributed by atoms with E-state index in [4.69, 9.17) is 0 Å². The van der Waals surface area contributed by atoms with Gasteiger partial charge in [-0.1, -0.05) is 18.9 Å². The van der Waals surface area contributed by atoms with Gasteiger partial charge in [-0.2, -0.15) is 0 Å². The van der Waals surface area contributed by atoms with Crippen molar-refractivity contribution in [3.8, 4) is 0 Å². The molecule has 2 amide bonds. The number of nitrogens with one attached hydrogen (secondary N) is 1. The van der Waals surface area contributed by atoms with Gasteiger partial charge in [0.15, 0.2) is 0 Å². The van der Waals surface area contributed by atoms with Crippen molar-refractivity contribution in [2.24, 2.45) is 0 Å². The third-order valence-corrected chi connectivity index (χ3v) is 3.36. The number of hydrogen-bond acceptors (Lipinski definition) is 1. The fourth-order valence-electron chi connectivity index (χ4n) is 2.41. The Morgan fingerprint density at radius 3 is 2.78 bits per heavy atom. The first kappa shape index (κ1) is 12.9. The smallest absolute Gasteiger partial charge is 0.322 e. The molecule has 4 heteroatoms. The van der Waals surface area contributed by atoms with E-state index in [0.717, 1.165) is 12.8 Å². The molecule has 0 bridgehead atoms. The van der Waals surface area contributed by atoms with E-state index < -0.39 is 0 Å². The molecule has 0 saturated heterocycles. The highest BCUT2D eigenvalue weighted by molar-refractivity contribution is 5.92. The van der Waals surface area contributed by atoms with Crippen LogP contribution in [0.25, 0.3) is 0 Å². The summed E-state index contributed by atoms with van der Waals surface area (Å²) in [5.74, 6) is -0.320. The normalized spacial score (nSPS) is 15.7. The molecule has 0 heterocycles. The number of hydrogen-bond donors (Lipinski definition) is 1. The standard InChI is InChI=1S/C14H19FN2O/c1-2-17(13-9-5-6-11(15)10-13)14(18)16-12-7-3-4-8-12/h5-6,9-10,12H,2-4,7-8H2,1H3,(H,16,18). The minimum absolute atomic E-state index is 0.130. The van der Waals surface area contributed by atoms with Crippen molar-refractivity contribution in [3.05, 3.63) is 30.1 Å². The van der Waals surface area contributed by atoms with Crippen LogP contribution < -0.4 is 10.2 Å². The zero-order valence-electron chi connectivity index (χ0n) is 10.7. The van der Waals surface area contributed by atoms with E-state index in [2.05, 4.69) is 5.32 Å². The zero-order valence-corrected chi connectivity index (χ0v) is 10.7. The molecule has 1 N–H and O–H groups in total. The lowest BCUT2D eigenvalue weighted by atomic mass is 10.2. The second-order valence-corrected chi connectivity index (χ2v) is 4.66. The summed E-state index contributed by atoms with van der Waals surface area (Å²) < 4.78 is 13.2. The van der Waals surface area contributed by atoms with Gasteiger partial charge in [0.1, 0.15) is 5.82 Å². The maximum Gasteiger partial charge on any atom is 0.322 e. The van der Waals surface area contributed by atoms with Crippen LogP contribution in [-0.2, 0) is 0 Å². The van der Waals surface area contributed by atoms with Crippen LogP contribution in [0.1, 0.15) is 32.6 Å². The highest BCUT2D eigenvalue weighted by Gasteiger charge is 2.21. The average Bonchev–Trinajstić information content (AvgIpc) is 2.83. The third kappa shape index (κ3) is 3.00. The number of urea groups is 1. The Morgan fingerprint density at radius 1 is 1.44 bits per heavy atom. The van der Waals surface area contributed by atoms with Crippen LogP contribution in [0.5, 0.6) is 0 Å². The summed E-state index contributed by atoms with van der Waals surface area (Å²) in [6.07, 6.45) is 4.45. The van der Waals surface area contributed by atoms with Crippen molar-refractivity contribution < 1.29 is 9.18 Å². The van der Waals surface area contributed by atoms with Gasteiger partial charge in [-0.15, -0.1) is 0 Å². The molecule has 3 nitrogen and oxygen atoms in total. The molecule has 0 aliphatic heterocycles. The Morgan fingerprint density at radius 2 is 2.17 bits per heavy atom. The van der Waals surface area contributed by atoms with Crippen LogP contribution in [0.4, 0.5) is 14.9 Å². The van der Waals surface area contributed by atoms with Crippen molar-refractivity contribution in [2.45, 2.75) is 38.6 Å². The van der Waals surface area contributed by atoms with Crippen molar-refractivity contribution in [3.63, 3.8) is 0 Å². The molecular formula is C14H19FN2O. The minimum Gasteiger partial charge on any atom is -0.335 e. The SMILES string of the molecule is CCN(C(=O)NC1CCCC1)c1cccc(F)c1. The molecular weight excluding hydrogens is 231 g/mol. The molecule has 98 valence electrons. The van der Waals surface area contributed by atoms with Crippen LogP contribution in [0, 0.1) is 5.82 Å². The second kappa shape index (κ2) is 5.85. The Bertz CT molecular complexity index is 416. The lowest BCUT2D eigenvalue weighted by Crippen LogP contribution is -2.44. The number of rotatable bonds is 3. The fourth-order valence-corrected chi connectivity index (χ4v) is 2.41. The number of anilines is 1. The van der Waals surface area contributed by atoms with E-state index in [-0.39, 0.29) is 17.9 Å². The molecule has 0 spiro atoms. The van der Waals surface area contributed by atoms with E-state index in [0.29, 0.717) is 12.2 Å². The van der Waals surface area contributed by atoms with Crippen molar-refractivity contribution in [1.29, 1.82) is 0 Å². The van der Waals surface area contributed by atoms with E-state index >= 15 is 0 Å². The van der Waals surface area contributed by atoms with Crippen LogP contribution in [0.2, 0.25) is 0 Å². The van der Waals surface area contributed by atoms with E-state index in [1.807, 2.05) is 6.92 Å². The zero-order chi connectivity index (χ0) is 13.0. The highest BCUT2D eigenvalue weighted by atomic mass is 19.1. The van der Waals surface area contributed by atoms with Crippen molar-refractivity contribution in [1.82, 2.24) is 5.32 Å². The van der Waals surface area contributed by atoms with Gasteiger partial charge in [0, 0.05) is 18.3 Å². The summed E-state index contributed by atoms with van der Waals surface area (Å²) in [5, 5.41) is 3.01. The molecule has 1 aromatic rings. The minimum atomic E-state index is -0.320. The third-order valence-electron chi connectivity index (χ3n) is 3.36. The molecule has 18 heavy (non-hydrogen) atoms. The van der Waals surface area contributed by atoms with Gasteiger partial charge in [0.25, 0.3) is 0 Å². The fraction of sp³-hybridized carbons (Fsp3) is 0.500. The Balaban J connectivity index is 2.05. The number of nitrogens with zero attached hydrogens (tertiary/aromatic N) is 1. The Labute approximate surface area is 107 Å². The van der Waals surface area contributed by atoms with Crippen LogP contribution in [0.15, 0.2) is 24.3 Å². The Kier molecular flexibility index (Phi) is 4.18. The molecule has 0 unspecified atom stereocenters. The molecule has 1 aliphatic carbocycles. The summed E-state index contributed by atoms with van der Waals surface area (Å²) in [4.78, 5) is 13.7. The second-order valence-electron chi connectivity index (χ2n) is 4.66. The van der Waals surface area contributed by atoms with Crippen LogP contribution in [-0.4, -0.2) is 18.6 Å². The van der Waals surface area contributed by atoms with Gasteiger partial charge in [0.2, 0.25) is 0 Å². The maximum absolute atomic E-state index is 13.2. The largest absolute Gasteiger partial charge is 0.335 e. The molecule has 0 atom stereocenters. The maximum atomic E-state index is 13.2. The summed E-state index contributed by atoms with van der Waals surface area (Å²) in [5.41, 5.74) is 0.605.